The van der Waals surface area contributed by atoms with E-state index < -0.39 is 0 Å². The highest BCUT2D eigenvalue weighted by atomic mass is 16.5. The van der Waals surface area contributed by atoms with E-state index in [0.717, 1.165) is 25.6 Å². The average Bonchev–Trinajstić information content (AvgIpc) is 2.75. The van der Waals surface area contributed by atoms with Gasteiger partial charge in [0, 0.05) is 32.1 Å². The molecule has 1 N–H and O–H groups in total. The van der Waals surface area contributed by atoms with E-state index in [9.17, 15) is 0 Å². The Balaban J connectivity index is 1.81. The van der Waals surface area contributed by atoms with Crippen LogP contribution in [0, 0.1) is 0 Å². The number of nitrogens with one attached hydrogen (secondary N) is 1. The third kappa shape index (κ3) is 2.72. The molecule has 1 saturated heterocycles. The molecule has 4 nitrogen and oxygen atoms in total. The Labute approximate surface area is 90.6 Å². The predicted molar refractivity (Wildman–Crippen MR) is 60.0 cm³/mol. The second-order valence-electron chi connectivity index (χ2n) is 3.91. The van der Waals surface area contributed by atoms with Gasteiger partial charge in [-0.1, -0.05) is 0 Å². The van der Waals surface area contributed by atoms with E-state index in [0.29, 0.717) is 6.10 Å². The van der Waals surface area contributed by atoms with Crippen LogP contribution in [0.1, 0.15) is 26.2 Å². The van der Waals surface area contributed by atoms with Gasteiger partial charge in [0.1, 0.15) is 0 Å². The molecule has 2 heterocycles. The summed E-state index contributed by atoms with van der Waals surface area (Å²) in [4.78, 5) is 4.27. The lowest BCUT2D eigenvalue weighted by Crippen LogP contribution is -2.27. The SMILES string of the molecule is CCn1ccnc1NCC1CCCCO1. The normalized spacial score (nSPS) is 21.5. The highest BCUT2D eigenvalue weighted by Gasteiger charge is 2.13. The molecule has 0 radical (unpaired) electrons. The molecular formula is C11H19N3O. The van der Waals surface area contributed by atoms with Crippen molar-refractivity contribution in [3.63, 3.8) is 0 Å². The highest BCUT2D eigenvalue weighted by Crippen LogP contribution is 2.13. The van der Waals surface area contributed by atoms with Gasteiger partial charge in [-0.3, -0.25) is 0 Å². The van der Waals surface area contributed by atoms with E-state index in [4.69, 9.17) is 4.74 Å². The van der Waals surface area contributed by atoms with Gasteiger partial charge in [0.15, 0.2) is 0 Å². The van der Waals surface area contributed by atoms with Crippen LogP contribution in [0.25, 0.3) is 0 Å². The number of aryl methyl sites for hydroxylation is 1. The van der Waals surface area contributed by atoms with Crippen molar-refractivity contribution in [2.75, 3.05) is 18.5 Å². The fraction of sp³-hybridized carbons (Fsp3) is 0.727. The molecule has 0 amide bonds. The van der Waals surface area contributed by atoms with Crippen LogP contribution in [0.5, 0.6) is 0 Å². The van der Waals surface area contributed by atoms with Crippen molar-refractivity contribution >= 4 is 5.95 Å². The number of aromatic nitrogens is 2. The molecular weight excluding hydrogens is 190 g/mol. The van der Waals surface area contributed by atoms with Crippen molar-refractivity contribution in [1.29, 1.82) is 0 Å². The van der Waals surface area contributed by atoms with Crippen molar-refractivity contribution in [3.8, 4) is 0 Å². The first-order chi connectivity index (χ1) is 7.40. The summed E-state index contributed by atoms with van der Waals surface area (Å²) >= 11 is 0. The Kier molecular flexibility index (Phi) is 3.61. The average molecular weight is 209 g/mol. The Bertz CT molecular complexity index is 292. The van der Waals surface area contributed by atoms with Gasteiger partial charge in [-0.2, -0.15) is 0 Å². The maximum Gasteiger partial charge on any atom is 0.202 e. The molecule has 15 heavy (non-hydrogen) atoms. The van der Waals surface area contributed by atoms with Crippen LogP contribution in [0.2, 0.25) is 0 Å². The van der Waals surface area contributed by atoms with Crippen molar-refractivity contribution in [2.24, 2.45) is 0 Å². The minimum atomic E-state index is 0.362. The van der Waals surface area contributed by atoms with Gasteiger partial charge in [-0.15, -0.1) is 0 Å². The van der Waals surface area contributed by atoms with Crippen LogP contribution >= 0.6 is 0 Å². The third-order valence-electron chi connectivity index (χ3n) is 2.82. The van der Waals surface area contributed by atoms with Crippen LogP contribution in [0.3, 0.4) is 0 Å². The minimum Gasteiger partial charge on any atom is -0.376 e. The zero-order valence-corrected chi connectivity index (χ0v) is 9.28. The number of hydrogen-bond donors (Lipinski definition) is 1. The standard InChI is InChI=1S/C11H19N3O/c1-2-14-7-6-12-11(14)13-9-10-5-3-4-8-15-10/h6-7,10H,2-5,8-9H2,1H3,(H,12,13). The Morgan fingerprint density at radius 2 is 2.53 bits per heavy atom. The van der Waals surface area contributed by atoms with Gasteiger partial charge in [0.25, 0.3) is 0 Å². The zero-order chi connectivity index (χ0) is 10.5. The zero-order valence-electron chi connectivity index (χ0n) is 9.28. The molecule has 1 unspecified atom stereocenters. The topological polar surface area (TPSA) is 39.1 Å². The summed E-state index contributed by atoms with van der Waals surface area (Å²) in [6.45, 7) is 4.85. The summed E-state index contributed by atoms with van der Waals surface area (Å²) in [6.07, 6.45) is 7.84. The molecule has 1 aromatic heterocycles. The van der Waals surface area contributed by atoms with Gasteiger partial charge in [0.2, 0.25) is 5.95 Å². The first-order valence-corrected chi connectivity index (χ1v) is 5.76. The van der Waals surface area contributed by atoms with Crippen LogP contribution < -0.4 is 5.32 Å². The molecule has 0 aliphatic carbocycles. The molecule has 0 saturated carbocycles. The van der Waals surface area contributed by atoms with Crippen LogP contribution in [-0.2, 0) is 11.3 Å². The minimum absolute atomic E-state index is 0.362. The first kappa shape index (κ1) is 10.5. The maximum absolute atomic E-state index is 5.65. The molecule has 0 aromatic carbocycles. The fourth-order valence-electron chi connectivity index (χ4n) is 1.91. The van der Waals surface area contributed by atoms with Gasteiger partial charge < -0.3 is 14.6 Å². The highest BCUT2D eigenvalue weighted by molar-refractivity contribution is 5.25. The first-order valence-electron chi connectivity index (χ1n) is 5.76. The molecule has 84 valence electrons. The Morgan fingerprint density at radius 3 is 3.27 bits per heavy atom. The van der Waals surface area contributed by atoms with Crippen LogP contribution in [-0.4, -0.2) is 28.8 Å². The summed E-state index contributed by atoms with van der Waals surface area (Å²) in [5, 5.41) is 3.34. The number of rotatable bonds is 4. The number of anilines is 1. The van der Waals surface area contributed by atoms with Gasteiger partial charge in [-0.25, -0.2) is 4.98 Å². The molecule has 1 fully saturated rings. The van der Waals surface area contributed by atoms with Gasteiger partial charge >= 0.3 is 0 Å². The lowest BCUT2D eigenvalue weighted by atomic mass is 10.1. The van der Waals surface area contributed by atoms with E-state index in [1.54, 1.807) is 0 Å². The largest absolute Gasteiger partial charge is 0.376 e. The van der Waals surface area contributed by atoms with E-state index in [1.807, 2.05) is 12.4 Å². The summed E-state index contributed by atoms with van der Waals surface area (Å²) in [5.41, 5.74) is 0. The molecule has 0 bridgehead atoms. The number of nitrogens with zero attached hydrogens (tertiary/aromatic N) is 2. The van der Waals surface area contributed by atoms with Crippen molar-refractivity contribution in [2.45, 2.75) is 38.8 Å². The number of imidazole rings is 1. The summed E-state index contributed by atoms with van der Waals surface area (Å²) in [5.74, 6) is 0.951. The van der Waals surface area contributed by atoms with E-state index in [2.05, 4.69) is 21.8 Å². The van der Waals surface area contributed by atoms with Gasteiger partial charge in [0.05, 0.1) is 6.10 Å². The van der Waals surface area contributed by atoms with Crippen LogP contribution in [0.15, 0.2) is 12.4 Å². The van der Waals surface area contributed by atoms with E-state index in [1.165, 1.54) is 19.3 Å². The lowest BCUT2D eigenvalue weighted by molar-refractivity contribution is 0.0246. The van der Waals surface area contributed by atoms with Crippen molar-refractivity contribution < 1.29 is 4.74 Å². The molecule has 1 aromatic rings. The van der Waals surface area contributed by atoms with Gasteiger partial charge in [-0.05, 0) is 26.2 Å². The molecule has 2 rings (SSSR count). The molecule has 0 spiro atoms. The third-order valence-corrected chi connectivity index (χ3v) is 2.82. The quantitative estimate of drug-likeness (QED) is 0.823. The summed E-state index contributed by atoms with van der Waals surface area (Å²) in [6, 6.07) is 0. The summed E-state index contributed by atoms with van der Waals surface area (Å²) < 4.78 is 7.75. The molecule has 1 atom stereocenters. The second kappa shape index (κ2) is 5.16. The monoisotopic (exact) mass is 209 g/mol. The Hall–Kier alpha value is -1.03. The van der Waals surface area contributed by atoms with Crippen molar-refractivity contribution in [1.82, 2.24) is 9.55 Å². The Morgan fingerprint density at radius 1 is 1.60 bits per heavy atom. The van der Waals surface area contributed by atoms with Crippen LogP contribution in [0.4, 0.5) is 5.95 Å². The van der Waals surface area contributed by atoms with Crippen molar-refractivity contribution in [3.05, 3.63) is 12.4 Å². The maximum atomic E-state index is 5.65. The molecule has 1 aliphatic rings. The molecule has 1 aliphatic heterocycles. The fourth-order valence-corrected chi connectivity index (χ4v) is 1.91. The summed E-state index contributed by atoms with van der Waals surface area (Å²) in [7, 11) is 0. The van der Waals surface area contributed by atoms with E-state index >= 15 is 0 Å². The number of hydrogen-bond acceptors (Lipinski definition) is 3. The predicted octanol–water partition coefficient (Wildman–Crippen LogP) is 1.88. The second-order valence-corrected chi connectivity index (χ2v) is 3.91. The smallest absolute Gasteiger partial charge is 0.202 e. The van der Waals surface area contributed by atoms with E-state index in [-0.39, 0.29) is 0 Å². The number of ether oxygens (including phenoxy) is 1. The molecule has 4 heteroatoms. The lowest BCUT2D eigenvalue weighted by Gasteiger charge is -2.23.